The molecule has 1 aliphatic rings. The number of hydrogen-bond acceptors (Lipinski definition) is 27. The van der Waals surface area contributed by atoms with E-state index >= 15 is 38.4 Å². The van der Waals surface area contributed by atoms with E-state index in [9.17, 15) is 39.0 Å². The molecule has 0 aliphatic carbocycles. The van der Waals surface area contributed by atoms with Crippen molar-refractivity contribution < 1.29 is 77.3 Å². The van der Waals surface area contributed by atoms with E-state index in [1.807, 2.05) is 0 Å². The van der Waals surface area contributed by atoms with Gasteiger partial charge in [-0.1, -0.05) is 64.1 Å². The van der Waals surface area contributed by atoms with E-state index in [-0.39, 0.29) is 197 Å². The molecule has 137 heavy (non-hydrogen) atoms. The van der Waals surface area contributed by atoms with Crippen molar-refractivity contribution in [1.29, 1.82) is 27.0 Å². The number of unbranched alkanes of at least 4 members (excludes halogenated alkanes) is 3. The van der Waals surface area contributed by atoms with Gasteiger partial charge in [0.15, 0.2) is 29.8 Å². The lowest BCUT2D eigenvalue weighted by Crippen LogP contribution is -2.61. The lowest BCUT2D eigenvalue weighted by molar-refractivity contribution is -0.136. The molecule has 14 amide bonds. The van der Waals surface area contributed by atoms with E-state index < -0.39 is 210 Å². The molecule has 4 aromatic rings. The topological polar surface area (TPSA) is 891 Å². The van der Waals surface area contributed by atoms with Crippen molar-refractivity contribution in [2.75, 3.05) is 70.4 Å². The van der Waals surface area contributed by atoms with Crippen LogP contribution in [0.4, 0.5) is 0 Å². The molecule has 3 aromatic carbocycles. The number of fused-ring (bicyclic) bond motifs is 1. The van der Waals surface area contributed by atoms with E-state index in [4.69, 9.17) is 84.4 Å². The van der Waals surface area contributed by atoms with Gasteiger partial charge in [-0.2, -0.15) is 0 Å². The average Bonchev–Trinajstić information content (AvgIpc) is 1.68. The number of para-hydroxylation sites is 1. The largest absolute Gasteiger partial charge is 0.508 e. The van der Waals surface area contributed by atoms with Crippen LogP contribution in [0.5, 0.6) is 11.5 Å². The highest BCUT2D eigenvalue weighted by Crippen LogP contribution is 2.26. The first-order chi connectivity index (χ1) is 65.4. The number of aromatic hydroxyl groups is 2. The highest BCUT2D eigenvalue weighted by atomic mass is 33.1. The van der Waals surface area contributed by atoms with Crippen LogP contribution in [0.3, 0.4) is 0 Å². The third-order valence-electron chi connectivity index (χ3n) is 21.6. The molecule has 756 valence electrons. The summed E-state index contributed by atoms with van der Waals surface area (Å²) in [5.74, 6) is -17.4. The number of carbonyl (C=O) groups is 14. The molecule has 0 spiro atoms. The number of hydrogen-bond donors (Lipinski definition) is 36. The molecule has 52 heteroatoms. The standard InChI is InChI=1S/C85H138N34O16S2/c86-32-6-3-17-56-70(125)107-44-67(122)108-62(40-47-24-28-50(120)29-25-47)76(131)114-60(22-12-38-104-84(97)98)72(127)113-58(19-5-8-34-88)75(130)118-65(79(134)109-55(68(90)123)20-10-36-102-82(93)94)45-136-137-46-66(80(135)116-63(41-48-26-30-51(121)31-27-48)77(132)115-61(23-13-39-105-85(99)100)73(128)112-57(71(126)111-56)18-4-7-33-87)119-78(133)64(42-49-43-106-54-16-2-1-14-52(49)54)117-74(129)59(21-11-37-103-83(95)96)110-69(124)53(89)15-9-35-101-81(91)92/h1-2,14,16,24-31,43,53,55-66,106,120-121H,3-13,15,17-23,32-42,44-46,86-89H2,(H2,90,123)(H,107,125)(H,108,122)(H,109,134)(H,110,124)(H,111,126)(H,112,128)(H,113,127)(H,114,131)(H,115,132)(H,116,135)(H,117,129)(H,118,130)(H,119,133)(H4,91,92,101)(H4,93,94,102)(H4,95,96,103)(H4,97,98,104)(H4,99,100,105)/t53-,55-,56-,57-,58-,59-,60-,61-,62-,63-,64-,65-,66-/m0/s1. The number of nitrogens with one attached hydrogen (secondary N) is 24. The van der Waals surface area contributed by atoms with E-state index in [1.165, 1.54) is 48.5 Å². The number of benzene rings is 3. The third kappa shape index (κ3) is 44.1. The van der Waals surface area contributed by atoms with E-state index in [0.717, 1.165) is 21.6 Å². The summed E-state index contributed by atoms with van der Waals surface area (Å²) in [7, 11) is 1.59. The normalized spacial score (nSPS) is 19.6. The number of phenols is 2. The van der Waals surface area contributed by atoms with Crippen molar-refractivity contribution in [3.05, 3.63) is 95.7 Å². The molecule has 0 unspecified atom stereocenters. The van der Waals surface area contributed by atoms with Gasteiger partial charge in [-0.15, -0.1) is 0 Å². The van der Waals surface area contributed by atoms with Gasteiger partial charge >= 0.3 is 0 Å². The minimum Gasteiger partial charge on any atom is -0.508 e. The van der Waals surface area contributed by atoms with Gasteiger partial charge in [0.2, 0.25) is 82.7 Å². The van der Waals surface area contributed by atoms with Crippen LogP contribution in [-0.4, -0.2) is 277 Å². The van der Waals surface area contributed by atoms with Crippen LogP contribution in [0, 0.1) is 27.0 Å². The minimum absolute atomic E-state index is 0.00691. The Labute approximate surface area is 800 Å². The Bertz CT molecular complexity index is 4670. The second-order valence-electron chi connectivity index (χ2n) is 32.7. The van der Waals surface area contributed by atoms with Crippen molar-refractivity contribution in [2.24, 2.45) is 57.3 Å². The molecule has 1 aliphatic heterocycles. The summed E-state index contributed by atoms with van der Waals surface area (Å²) in [6.07, 6.45) is 1.22. The molecular weight excluding hydrogens is 1820 g/mol. The summed E-state index contributed by atoms with van der Waals surface area (Å²) in [6.45, 7) is -0.336. The first kappa shape index (κ1) is 114. The molecular formula is C85H138N34O16S2. The maximum absolute atomic E-state index is 15.9. The maximum Gasteiger partial charge on any atom is 0.244 e. The lowest BCUT2D eigenvalue weighted by Gasteiger charge is -2.28. The van der Waals surface area contributed by atoms with Crippen LogP contribution in [0.15, 0.2) is 79.0 Å². The minimum atomic E-state index is -1.86. The van der Waals surface area contributed by atoms with Crippen LogP contribution in [0.1, 0.15) is 139 Å². The molecule has 5 rings (SSSR count). The number of phenolic OH excluding ortho intramolecular Hbond substituents is 2. The van der Waals surface area contributed by atoms with Gasteiger partial charge in [0.25, 0.3) is 0 Å². The van der Waals surface area contributed by atoms with Crippen LogP contribution < -0.4 is 153 Å². The Balaban J connectivity index is 1.80. The van der Waals surface area contributed by atoms with Crippen LogP contribution >= 0.6 is 21.6 Å². The molecule has 0 bridgehead atoms. The zero-order valence-electron chi connectivity index (χ0n) is 76.5. The van der Waals surface area contributed by atoms with Gasteiger partial charge in [-0.3, -0.25) is 94.2 Å². The van der Waals surface area contributed by atoms with Crippen molar-refractivity contribution >= 4 is 145 Å². The van der Waals surface area contributed by atoms with E-state index in [0.29, 0.717) is 34.9 Å². The summed E-state index contributed by atoms with van der Waals surface area (Å²) >= 11 is 0. The second-order valence-corrected chi connectivity index (χ2v) is 35.2. The number of H-pyrrole nitrogens is 1. The Morgan fingerprint density at radius 3 is 1.25 bits per heavy atom. The fourth-order valence-corrected chi connectivity index (χ4v) is 16.5. The van der Waals surface area contributed by atoms with Gasteiger partial charge in [-0.05, 0) is 189 Å². The monoisotopic (exact) mass is 1960 g/mol. The average molecular weight is 1960 g/mol. The first-order valence-electron chi connectivity index (χ1n) is 45.2. The number of nitrogens with two attached hydrogens (primary N) is 10. The highest BCUT2D eigenvalue weighted by molar-refractivity contribution is 8.76. The molecule has 50 nitrogen and oxygen atoms in total. The molecule has 13 atom stereocenters. The Morgan fingerprint density at radius 2 is 0.796 bits per heavy atom. The fourth-order valence-electron chi connectivity index (χ4n) is 14.2. The van der Waals surface area contributed by atoms with Crippen molar-refractivity contribution in [3.8, 4) is 11.5 Å². The Morgan fingerprint density at radius 1 is 0.409 bits per heavy atom. The van der Waals surface area contributed by atoms with Gasteiger partial charge in [-0.25, -0.2) is 0 Å². The number of rotatable bonds is 47. The second kappa shape index (κ2) is 62.0. The summed E-state index contributed by atoms with van der Waals surface area (Å²) in [5, 5.41) is 108. The van der Waals surface area contributed by atoms with Crippen LogP contribution in [0.25, 0.3) is 10.9 Å². The maximum atomic E-state index is 15.9. The number of aromatic amines is 1. The Kier molecular flexibility index (Phi) is 51.5. The molecule has 0 saturated carbocycles. The van der Waals surface area contributed by atoms with E-state index in [2.05, 4.69) is 101 Å². The van der Waals surface area contributed by atoms with Crippen LogP contribution in [0.2, 0.25) is 0 Å². The van der Waals surface area contributed by atoms with Gasteiger partial charge in [0, 0.05) is 80.6 Å². The van der Waals surface area contributed by atoms with E-state index in [1.54, 1.807) is 30.5 Å². The smallest absolute Gasteiger partial charge is 0.244 e. The van der Waals surface area contributed by atoms with Gasteiger partial charge < -0.3 is 168 Å². The third-order valence-corrected chi connectivity index (χ3v) is 24.0. The highest BCUT2D eigenvalue weighted by Gasteiger charge is 2.39. The SMILES string of the molecule is N=C(N)NCCC[C@H](NC(=O)[C@@H]1CSSC[C@H](NC(=O)[C@H](Cc2c[nH]c3ccccc23)NC(=O)[C@H](CCCNC(=N)N)NC(=O)[C@@H](N)CCCNC(=N)N)C(=O)N[C@@H](Cc2ccc(O)cc2)C(=O)N[C@@H](CCCNC(=N)N)C(=O)N[C@@H](CCCCN)C(=O)N[C@@H](CCCCN)C(=O)NCC(=O)N[C@@H](Cc2ccc(O)cc2)C(=O)N[C@@H](CCCNC(=N)N)C(=O)N[C@@H](CCCCN)C(=O)N1)C(N)=O. The lowest BCUT2D eigenvalue weighted by atomic mass is 10.0. The Hall–Kier alpha value is -13.7. The first-order valence-corrected chi connectivity index (χ1v) is 47.7. The summed E-state index contributed by atoms with van der Waals surface area (Å²) in [5.41, 5.74) is 59.7. The zero-order chi connectivity index (χ0) is 101. The number of amides is 14. The molecule has 1 saturated heterocycles. The summed E-state index contributed by atoms with van der Waals surface area (Å²) in [4.78, 5) is 212. The summed E-state index contributed by atoms with van der Waals surface area (Å²) in [6, 6.07) is -2.72. The quantitative estimate of drug-likeness (QED) is 0.00845. The van der Waals surface area contributed by atoms with Crippen molar-refractivity contribution in [2.45, 2.75) is 220 Å². The molecule has 0 radical (unpaired) electrons. The molecule has 2 heterocycles. The number of primary amides is 1. The molecule has 1 aromatic heterocycles. The van der Waals surface area contributed by atoms with Gasteiger partial charge in [0.05, 0.1) is 12.6 Å². The predicted octanol–water partition coefficient (Wildman–Crippen LogP) is -7.55. The number of carbonyl (C=O) groups excluding carboxylic acids is 14. The van der Waals surface area contributed by atoms with Crippen molar-refractivity contribution in [3.63, 3.8) is 0 Å². The number of guanidine groups is 5. The molecule has 1 fully saturated rings. The number of aromatic nitrogens is 1. The van der Waals surface area contributed by atoms with Gasteiger partial charge in [0.1, 0.15) is 84.0 Å². The molecule has 46 N–H and O–H groups in total. The fraction of sp³-hybridized carbons (Fsp3) is 0.541. The zero-order valence-corrected chi connectivity index (χ0v) is 78.2. The summed E-state index contributed by atoms with van der Waals surface area (Å²) < 4.78 is 0. The predicted molar refractivity (Wildman–Crippen MR) is 518 cm³/mol. The van der Waals surface area contributed by atoms with Crippen LogP contribution in [-0.2, 0) is 86.4 Å². The van der Waals surface area contributed by atoms with Crippen molar-refractivity contribution in [1.82, 2.24) is 101 Å².